The van der Waals surface area contributed by atoms with Gasteiger partial charge in [0.05, 0.1) is 0 Å². The topological polar surface area (TPSA) is 136 Å². The van der Waals surface area contributed by atoms with Gasteiger partial charge < -0.3 is 11.5 Å². The van der Waals surface area contributed by atoms with Crippen LogP contribution in [0.5, 0.6) is 0 Å². The Morgan fingerprint density at radius 1 is 1.20 bits per heavy atom. The highest BCUT2D eigenvalue weighted by Gasteiger charge is 1.99. The van der Waals surface area contributed by atoms with Crippen molar-refractivity contribution >= 4 is 12.1 Å². The van der Waals surface area contributed by atoms with Crippen LogP contribution in [0.2, 0.25) is 0 Å². The molecule has 0 saturated carbocycles. The highest BCUT2D eigenvalue weighted by Crippen LogP contribution is 1.59. The Labute approximate surface area is 55.6 Å². The number of rotatable bonds is 2. The molecule has 10 heavy (non-hydrogen) atoms. The van der Waals surface area contributed by atoms with Crippen LogP contribution in [-0.4, -0.2) is 17.0 Å². The van der Waals surface area contributed by atoms with Crippen molar-refractivity contribution in [3.05, 3.63) is 5.53 Å². The van der Waals surface area contributed by atoms with Gasteiger partial charge in [0, 0.05) is 0 Å². The highest BCUT2D eigenvalue weighted by molar-refractivity contribution is 5.71. The lowest BCUT2D eigenvalue weighted by Crippen LogP contribution is -2.48. The van der Waals surface area contributed by atoms with Crippen LogP contribution in [0.15, 0.2) is 0 Å². The molecule has 0 fully saturated rings. The van der Waals surface area contributed by atoms with E-state index in [1.165, 1.54) is 0 Å². The molecule has 0 unspecified atom stereocenters. The Balaban J connectivity index is 3.65. The molecular formula is C2H6N6O2. The second kappa shape index (κ2) is 3.22. The van der Waals surface area contributed by atoms with Crippen LogP contribution in [0.3, 0.4) is 0 Å². The number of nitrogens with two attached hydrogens (primary N) is 2. The zero-order chi connectivity index (χ0) is 8.15. The number of amides is 4. The van der Waals surface area contributed by atoms with E-state index in [1.54, 1.807) is 10.9 Å². The summed E-state index contributed by atoms with van der Waals surface area (Å²) in [5, 5.41) is 0. The maximum absolute atomic E-state index is 9.91. The van der Waals surface area contributed by atoms with Crippen molar-refractivity contribution in [2.75, 3.05) is 0 Å². The van der Waals surface area contributed by atoms with E-state index in [4.69, 9.17) is 5.53 Å². The first-order chi connectivity index (χ1) is 4.52. The van der Waals surface area contributed by atoms with E-state index < -0.39 is 12.1 Å². The van der Waals surface area contributed by atoms with Gasteiger partial charge in [0.25, 0.3) is 0 Å². The van der Waals surface area contributed by atoms with Gasteiger partial charge in [0.15, 0.2) is 0 Å². The summed E-state index contributed by atoms with van der Waals surface area (Å²) in [6.07, 6.45) is 0. The van der Waals surface area contributed by atoms with Crippen molar-refractivity contribution in [1.82, 2.24) is 10.9 Å². The van der Waals surface area contributed by atoms with Crippen molar-refractivity contribution in [1.29, 1.82) is 0 Å². The first-order valence-electron chi connectivity index (χ1n) is 2.13. The van der Waals surface area contributed by atoms with Gasteiger partial charge in [-0.2, -0.15) is 0 Å². The molecule has 4 amide bonds. The Morgan fingerprint density at radius 2 is 1.50 bits per heavy atom. The van der Waals surface area contributed by atoms with Crippen molar-refractivity contribution < 1.29 is 14.5 Å². The maximum atomic E-state index is 9.91. The predicted octanol–water partition coefficient (Wildman–Crippen LogP) is -1.81. The number of hydrazine groups is 2. The van der Waals surface area contributed by atoms with Crippen molar-refractivity contribution in [3.63, 3.8) is 0 Å². The van der Waals surface area contributed by atoms with Crippen molar-refractivity contribution in [2.45, 2.75) is 0 Å². The van der Waals surface area contributed by atoms with E-state index >= 15 is 0 Å². The monoisotopic (exact) mass is 146 g/mol. The maximum Gasteiger partial charge on any atom is 0.309 e. The average molecular weight is 146 g/mol. The first-order valence-corrected chi connectivity index (χ1v) is 2.13. The fourth-order valence-corrected chi connectivity index (χ4v) is 0.237. The zero-order valence-corrected chi connectivity index (χ0v) is 4.87. The van der Waals surface area contributed by atoms with Gasteiger partial charge in [-0.15, -0.1) is 10.9 Å². The van der Waals surface area contributed by atoms with Gasteiger partial charge in [0.1, 0.15) is 0 Å². The fourth-order valence-electron chi connectivity index (χ4n) is 0.237. The SMILES string of the molecule is [N-]=[N+](NC(N)=O)NC(N)=O. The standard InChI is InChI=1S/C2H6N6O2/c3-1(9)6-8(5)7-2(4)10/h(H3,3,6,9)(H3,4,7,10). The summed E-state index contributed by atoms with van der Waals surface area (Å²) in [7, 11) is 0. The first kappa shape index (κ1) is 8.14. The number of carbonyl (C=O) groups is 2. The van der Waals surface area contributed by atoms with Crippen LogP contribution in [0.25, 0.3) is 5.53 Å². The largest absolute Gasteiger partial charge is 0.360 e. The smallest absolute Gasteiger partial charge is 0.309 e. The van der Waals surface area contributed by atoms with E-state index in [1.807, 2.05) is 0 Å². The molecule has 0 saturated heterocycles. The van der Waals surface area contributed by atoms with Crippen molar-refractivity contribution in [3.8, 4) is 0 Å². The van der Waals surface area contributed by atoms with Gasteiger partial charge in [-0.05, 0) is 10.4 Å². The fraction of sp³-hybridized carbons (Fsp3) is 0. The lowest BCUT2D eigenvalue weighted by Gasteiger charge is -2.00. The number of nitrogens with zero attached hydrogens (tertiary/aromatic N) is 2. The number of primary amides is 2. The normalized spacial score (nSPS) is 8.00. The molecule has 8 nitrogen and oxygen atoms in total. The predicted molar refractivity (Wildman–Crippen MR) is 29.1 cm³/mol. The lowest BCUT2D eigenvalue weighted by atomic mass is 11.1. The van der Waals surface area contributed by atoms with E-state index in [2.05, 4.69) is 11.5 Å². The minimum absolute atomic E-state index is 0.0509. The van der Waals surface area contributed by atoms with Crippen LogP contribution < -0.4 is 22.3 Å². The summed E-state index contributed by atoms with van der Waals surface area (Å²) >= 11 is 0. The van der Waals surface area contributed by atoms with Gasteiger partial charge in [-0.3, -0.25) is 9.59 Å². The van der Waals surface area contributed by atoms with E-state index in [9.17, 15) is 9.59 Å². The van der Waals surface area contributed by atoms with Gasteiger partial charge in [0.2, 0.25) is 0 Å². The summed E-state index contributed by atoms with van der Waals surface area (Å²) in [6.45, 7) is 0. The van der Waals surface area contributed by atoms with Crippen LogP contribution in [0.4, 0.5) is 9.59 Å². The zero-order valence-electron chi connectivity index (χ0n) is 4.87. The molecule has 0 aliphatic rings. The van der Waals surface area contributed by atoms with Gasteiger partial charge in [-0.25, -0.2) is 0 Å². The molecule has 0 aromatic rings. The van der Waals surface area contributed by atoms with Crippen molar-refractivity contribution in [2.24, 2.45) is 11.5 Å². The van der Waals surface area contributed by atoms with Gasteiger partial charge >= 0.3 is 12.1 Å². The molecule has 0 spiro atoms. The highest BCUT2D eigenvalue weighted by atomic mass is 16.2. The number of carbonyl (C=O) groups excluding carboxylic acids is 2. The molecule has 0 aliphatic heterocycles. The molecule has 8 heteroatoms. The Bertz CT molecular complexity index is 157. The molecular weight excluding hydrogens is 140 g/mol. The minimum Gasteiger partial charge on any atom is -0.360 e. The molecule has 0 heterocycles. The molecule has 0 bridgehead atoms. The number of hydrogen-bond donors (Lipinski definition) is 4. The Kier molecular flexibility index (Phi) is 2.62. The molecule has 0 rings (SSSR count). The second-order valence-electron chi connectivity index (χ2n) is 1.26. The second-order valence-corrected chi connectivity index (χ2v) is 1.26. The average Bonchev–Trinajstić information content (AvgIpc) is 1.58. The third-order valence-corrected chi connectivity index (χ3v) is 0.432. The van der Waals surface area contributed by atoms with E-state index in [0.717, 1.165) is 0 Å². The number of hydrogen-bond acceptors (Lipinski definition) is 2. The summed E-state index contributed by atoms with van der Waals surface area (Å²) in [6, 6.07) is -2.06. The summed E-state index contributed by atoms with van der Waals surface area (Å²) in [4.78, 5) is 19.8. The third-order valence-electron chi connectivity index (χ3n) is 0.432. The summed E-state index contributed by atoms with van der Waals surface area (Å²) in [5.74, 6) is 0. The van der Waals surface area contributed by atoms with Crippen LogP contribution in [-0.2, 0) is 0 Å². The number of urea groups is 2. The molecule has 0 atom stereocenters. The molecule has 0 radical (unpaired) electrons. The summed E-state index contributed by atoms with van der Waals surface area (Å²) in [5.41, 5.74) is 20.6. The molecule has 56 valence electrons. The summed E-state index contributed by atoms with van der Waals surface area (Å²) < 4.78 is 0. The quantitative estimate of drug-likeness (QED) is 0.207. The van der Waals surface area contributed by atoms with Crippen LogP contribution in [0.1, 0.15) is 0 Å². The minimum atomic E-state index is -1.03. The van der Waals surface area contributed by atoms with E-state index in [0.29, 0.717) is 0 Å². The number of nitrogens with one attached hydrogen (secondary N) is 2. The van der Waals surface area contributed by atoms with E-state index in [-0.39, 0.29) is 4.92 Å². The molecule has 0 aromatic carbocycles. The van der Waals surface area contributed by atoms with Crippen LogP contribution >= 0.6 is 0 Å². The molecule has 0 aliphatic carbocycles. The van der Waals surface area contributed by atoms with Crippen LogP contribution in [0, 0.1) is 0 Å². The third kappa shape index (κ3) is 4.30. The molecule has 6 N–H and O–H groups in total. The lowest BCUT2D eigenvalue weighted by molar-refractivity contribution is -0.634. The Hall–Kier alpha value is -1.86. The van der Waals surface area contributed by atoms with Gasteiger partial charge in [-0.1, -0.05) is 0 Å². The molecule has 0 aromatic heterocycles. The Morgan fingerprint density at radius 3 is 1.70 bits per heavy atom.